The highest BCUT2D eigenvalue weighted by Gasteiger charge is 2.40. The molecule has 12 heteroatoms. The summed E-state index contributed by atoms with van der Waals surface area (Å²) < 4.78 is 12.5. The molecule has 5 aromatic rings. The zero-order valence-electron chi connectivity index (χ0n) is 29.2. The number of carbonyl (C=O) groups is 2. The van der Waals surface area contributed by atoms with Crippen molar-refractivity contribution in [2.45, 2.75) is 46.8 Å². The van der Waals surface area contributed by atoms with Crippen molar-refractivity contribution in [3.8, 4) is 40.1 Å². The van der Waals surface area contributed by atoms with Crippen LogP contribution in [0.1, 0.15) is 47.1 Å². The lowest BCUT2D eigenvalue weighted by atomic mass is 9.90. The number of aliphatic carboxylic acids is 1. The van der Waals surface area contributed by atoms with Crippen LogP contribution < -0.4 is 0 Å². The summed E-state index contributed by atoms with van der Waals surface area (Å²) >= 11 is 0. The Hall–Kier alpha value is -5.35. The number of carboxylic acids is 1. The molecule has 2 aromatic heterocycles. The highest BCUT2D eigenvalue weighted by Crippen LogP contribution is 2.39. The van der Waals surface area contributed by atoms with Crippen LogP contribution in [-0.2, 0) is 29.2 Å². The van der Waals surface area contributed by atoms with E-state index in [1.807, 2.05) is 44.2 Å². The normalized spacial score (nSPS) is 17.4. The number of likely N-dealkylation sites (N-methyl/N-ethyl adjacent to an activating group) is 1. The number of nitriles is 1. The summed E-state index contributed by atoms with van der Waals surface area (Å²) in [5.74, 6) is 0.780. The van der Waals surface area contributed by atoms with Gasteiger partial charge in [0.1, 0.15) is 23.0 Å². The average molecular weight is 689 g/mol. The number of aliphatic hydroxyl groups excluding tert-OH is 1. The van der Waals surface area contributed by atoms with Crippen LogP contribution in [-0.4, -0.2) is 86.6 Å². The minimum absolute atomic E-state index is 0.00308. The molecular weight excluding hydrogens is 648 g/mol. The maximum atomic E-state index is 12.8. The average Bonchev–Trinajstić information content (AvgIpc) is 3.88. The summed E-state index contributed by atoms with van der Waals surface area (Å²) in [6.07, 6.45) is 0.578. The van der Waals surface area contributed by atoms with Crippen LogP contribution in [0.4, 0.5) is 0 Å². The van der Waals surface area contributed by atoms with E-state index >= 15 is 0 Å². The summed E-state index contributed by atoms with van der Waals surface area (Å²) in [5.41, 5.74) is 7.87. The summed E-state index contributed by atoms with van der Waals surface area (Å²) in [6, 6.07) is 18.0. The maximum absolute atomic E-state index is 12.8. The molecule has 51 heavy (non-hydrogen) atoms. The Morgan fingerprint density at radius 1 is 1.00 bits per heavy atom. The Morgan fingerprint density at radius 3 is 2.27 bits per heavy atom. The molecule has 2 N–H and O–H groups in total. The van der Waals surface area contributed by atoms with Crippen LogP contribution in [0.2, 0.25) is 0 Å². The second-order valence-electron chi connectivity index (χ2n) is 14.0. The number of aliphatic hydroxyl groups is 1. The first kappa shape index (κ1) is 34.1. The lowest BCUT2D eigenvalue weighted by molar-refractivity contribution is -0.147. The third kappa shape index (κ3) is 6.40. The fourth-order valence-electron chi connectivity index (χ4n) is 7.24. The van der Waals surface area contributed by atoms with E-state index in [1.54, 1.807) is 29.8 Å². The first-order valence-electron chi connectivity index (χ1n) is 17.0. The van der Waals surface area contributed by atoms with Crippen LogP contribution in [0.15, 0.2) is 57.4 Å². The van der Waals surface area contributed by atoms with Gasteiger partial charge in [-0.25, -0.2) is 9.97 Å². The molecule has 0 saturated carbocycles. The molecule has 0 bridgehead atoms. The molecule has 1 amide bonds. The Balaban J connectivity index is 1.14. The molecule has 2 aliphatic heterocycles. The molecule has 1 saturated heterocycles. The zero-order valence-corrected chi connectivity index (χ0v) is 29.2. The van der Waals surface area contributed by atoms with Crippen molar-refractivity contribution in [3.63, 3.8) is 0 Å². The van der Waals surface area contributed by atoms with E-state index in [1.165, 1.54) is 0 Å². The highest BCUT2D eigenvalue weighted by atomic mass is 16.4. The third-order valence-electron chi connectivity index (χ3n) is 10.3. The standard InChI is InChI=1S/C39H40N6O6/c1-23-27(7-5-9-29(23)36-42-32-19-45(20-33(32)50-36)34(47)21-43(4)13-14-46)28-8-6-10-30(24(28)2)37-41-31-16-25(15-26(17-40)35(31)51-37)18-44-12-11-39(3,22-44)38(48)49/h5-10,15-16,46H,11-14,18-22H2,1-4H3,(H,48,49). The third-order valence-corrected chi connectivity index (χ3v) is 10.3. The summed E-state index contributed by atoms with van der Waals surface area (Å²) in [5, 5.41) is 28.8. The minimum atomic E-state index is -0.791. The van der Waals surface area contributed by atoms with Crippen LogP contribution in [0, 0.1) is 30.6 Å². The number of likely N-dealkylation sites (tertiary alicyclic amines) is 1. The van der Waals surface area contributed by atoms with Crippen LogP contribution in [0.3, 0.4) is 0 Å². The molecule has 12 nitrogen and oxygen atoms in total. The number of aromatic nitrogens is 2. The number of oxazole rings is 2. The largest absolute Gasteiger partial charge is 0.481 e. The number of rotatable bonds is 10. The Kier molecular flexibility index (Phi) is 8.97. The van der Waals surface area contributed by atoms with Gasteiger partial charge < -0.3 is 23.9 Å². The smallest absolute Gasteiger partial charge is 0.310 e. The second-order valence-corrected chi connectivity index (χ2v) is 14.0. The summed E-state index contributed by atoms with van der Waals surface area (Å²) in [7, 11) is 1.80. The monoisotopic (exact) mass is 688 g/mol. The van der Waals surface area contributed by atoms with Crippen molar-refractivity contribution in [2.75, 3.05) is 39.8 Å². The molecule has 4 heterocycles. The Morgan fingerprint density at radius 2 is 1.67 bits per heavy atom. The molecule has 7 rings (SSSR count). The van der Waals surface area contributed by atoms with Gasteiger partial charge in [-0.1, -0.05) is 24.3 Å². The van der Waals surface area contributed by atoms with Gasteiger partial charge in [0, 0.05) is 30.8 Å². The van der Waals surface area contributed by atoms with E-state index in [0.717, 1.165) is 44.6 Å². The SMILES string of the molecule is Cc1c(-c2nc3c(o2)CN(C(=O)CN(C)CCO)C3)cccc1-c1cccc(-c2nc3cc(CN4CCC(C)(C(=O)O)C4)cc(C#N)c3o2)c1C. The molecule has 1 fully saturated rings. The summed E-state index contributed by atoms with van der Waals surface area (Å²) in [4.78, 5) is 39.7. The van der Waals surface area contributed by atoms with Crippen molar-refractivity contribution < 1.29 is 28.6 Å². The van der Waals surface area contributed by atoms with Crippen LogP contribution in [0.25, 0.3) is 45.1 Å². The zero-order chi connectivity index (χ0) is 36.0. The van der Waals surface area contributed by atoms with E-state index in [2.05, 4.69) is 23.1 Å². The molecule has 1 atom stereocenters. The molecule has 0 spiro atoms. The van der Waals surface area contributed by atoms with Crippen LogP contribution in [0.5, 0.6) is 0 Å². The van der Waals surface area contributed by atoms with Gasteiger partial charge in [-0.2, -0.15) is 5.26 Å². The fourth-order valence-corrected chi connectivity index (χ4v) is 7.24. The molecule has 0 radical (unpaired) electrons. The van der Waals surface area contributed by atoms with Gasteiger partial charge in [0.05, 0.1) is 37.2 Å². The minimum Gasteiger partial charge on any atom is -0.481 e. The summed E-state index contributed by atoms with van der Waals surface area (Å²) in [6.45, 7) is 8.86. The van der Waals surface area contributed by atoms with Crippen molar-refractivity contribution >= 4 is 23.0 Å². The number of carbonyl (C=O) groups excluding carboxylic acids is 1. The Bertz CT molecular complexity index is 2190. The predicted octanol–water partition coefficient (Wildman–Crippen LogP) is 5.37. The van der Waals surface area contributed by atoms with E-state index in [9.17, 15) is 20.0 Å². The fraction of sp³-hybridized carbons (Fsp3) is 0.359. The molecule has 3 aromatic carbocycles. The van der Waals surface area contributed by atoms with E-state index in [0.29, 0.717) is 79.9 Å². The Labute approximate surface area is 295 Å². The van der Waals surface area contributed by atoms with Gasteiger partial charge in [0.2, 0.25) is 17.7 Å². The molecule has 262 valence electrons. The van der Waals surface area contributed by atoms with Crippen molar-refractivity contribution in [1.29, 1.82) is 5.26 Å². The number of fused-ring (bicyclic) bond motifs is 2. The lowest BCUT2D eigenvalue weighted by Gasteiger charge is -2.20. The van der Waals surface area contributed by atoms with Crippen molar-refractivity contribution in [1.82, 2.24) is 24.7 Å². The maximum Gasteiger partial charge on any atom is 0.310 e. The predicted molar refractivity (Wildman–Crippen MR) is 189 cm³/mol. The van der Waals surface area contributed by atoms with E-state index in [-0.39, 0.29) is 19.1 Å². The van der Waals surface area contributed by atoms with Gasteiger partial charge in [-0.3, -0.25) is 19.4 Å². The van der Waals surface area contributed by atoms with Gasteiger partial charge in [-0.15, -0.1) is 0 Å². The second kappa shape index (κ2) is 13.4. The highest BCUT2D eigenvalue weighted by molar-refractivity contribution is 5.85. The lowest BCUT2D eigenvalue weighted by Crippen LogP contribution is -2.37. The molecule has 0 aliphatic carbocycles. The molecule has 1 unspecified atom stereocenters. The van der Waals surface area contributed by atoms with Gasteiger partial charge in [0.25, 0.3) is 0 Å². The first-order chi connectivity index (χ1) is 24.5. The van der Waals surface area contributed by atoms with E-state index in [4.69, 9.17) is 23.9 Å². The van der Waals surface area contributed by atoms with Gasteiger partial charge >= 0.3 is 5.97 Å². The number of hydrogen-bond donors (Lipinski definition) is 2. The number of amides is 1. The van der Waals surface area contributed by atoms with Gasteiger partial charge in [-0.05, 0) is 92.9 Å². The molecule has 2 aliphatic rings. The van der Waals surface area contributed by atoms with E-state index < -0.39 is 11.4 Å². The topological polar surface area (TPSA) is 160 Å². The van der Waals surface area contributed by atoms with Gasteiger partial charge in [0.15, 0.2) is 5.58 Å². The van der Waals surface area contributed by atoms with Crippen molar-refractivity contribution in [2.24, 2.45) is 5.41 Å². The quantitative estimate of drug-likeness (QED) is 0.194. The molecular formula is C39H40N6O6. The van der Waals surface area contributed by atoms with Crippen molar-refractivity contribution in [3.05, 3.63) is 82.2 Å². The van der Waals surface area contributed by atoms with Crippen LogP contribution >= 0.6 is 0 Å². The number of carboxylic acid groups (broad SMARTS) is 1. The number of hydrogen-bond acceptors (Lipinski definition) is 10. The first-order valence-corrected chi connectivity index (χ1v) is 17.0. The number of nitrogens with zero attached hydrogens (tertiary/aromatic N) is 6. The number of benzene rings is 3.